The summed E-state index contributed by atoms with van der Waals surface area (Å²) in [6.45, 7) is 0.0430. The molecule has 0 atom stereocenters. The van der Waals surface area contributed by atoms with Crippen LogP contribution < -0.4 is 5.32 Å². The molecule has 2 aromatic carbocycles. The van der Waals surface area contributed by atoms with Gasteiger partial charge in [0.25, 0.3) is 0 Å². The molecule has 3 aromatic rings. The van der Waals surface area contributed by atoms with Crippen LogP contribution >= 0.6 is 0 Å². The molecule has 3 N–H and O–H groups in total. The minimum atomic E-state index is -0.311. The molecule has 0 saturated heterocycles. The summed E-state index contributed by atoms with van der Waals surface area (Å²) in [6.07, 6.45) is 0. The van der Waals surface area contributed by atoms with E-state index in [0.717, 1.165) is 11.0 Å². The number of nitrogens with zero attached hydrogens (tertiary/aromatic N) is 2. The molecule has 1 heterocycles. The Balaban J connectivity index is 1.77. The molecule has 3 rings (SSSR count). The Bertz CT molecular complexity index is 855. The summed E-state index contributed by atoms with van der Waals surface area (Å²) in [5.41, 5.74) is 2.14. The molecule has 112 valence electrons. The fourth-order valence-electron chi connectivity index (χ4n) is 2.26. The second kappa shape index (κ2) is 5.40. The first-order valence-electron chi connectivity index (χ1n) is 6.77. The molecule has 0 spiro atoms. The maximum absolute atomic E-state index is 12.1. The van der Waals surface area contributed by atoms with E-state index in [9.17, 15) is 15.0 Å². The van der Waals surface area contributed by atoms with Gasteiger partial charge in [0.1, 0.15) is 0 Å². The van der Waals surface area contributed by atoms with Crippen molar-refractivity contribution in [3.05, 3.63) is 48.0 Å². The summed E-state index contributed by atoms with van der Waals surface area (Å²) in [4.78, 5) is 16.5. The molecule has 0 aliphatic carbocycles. The molecule has 0 radical (unpaired) electrons. The van der Waals surface area contributed by atoms with Gasteiger partial charge in [-0.2, -0.15) is 0 Å². The largest absolute Gasteiger partial charge is 0.504 e. The van der Waals surface area contributed by atoms with Crippen molar-refractivity contribution in [2.24, 2.45) is 7.05 Å². The molecule has 0 aliphatic rings. The van der Waals surface area contributed by atoms with Crippen molar-refractivity contribution in [2.75, 3.05) is 11.9 Å². The number of hydrogen-bond donors (Lipinski definition) is 3. The van der Waals surface area contributed by atoms with Crippen LogP contribution in [0, 0.1) is 0 Å². The average Bonchev–Trinajstić information content (AvgIpc) is 2.84. The highest BCUT2D eigenvalue weighted by Gasteiger charge is 2.11. The molecular weight excluding hydrogens is 282 g/mol. The van der Waals surface area contributed by atoms with Crippen molar-refractivity contribution in [3.8, 4) is 11.5 Å². The fourth-order valence-corrected chi connectivity index (χ4v) is 2.26. The minimum absolute atomic E-state index is 0.0430. The van der Waals surface area contributed by atoms with Crippen molar-refractivity contribution < 1.29 is 15.0 Å². The first kappa shape index (κ1) is 13.9. The topological polar surface area (TPSA) is 87.4 Å². The maximum atomic E-state index is 12.1. The number of carbonyl (C=O) groups is 1. The number of ketones is 1. The molecule has 6 nitrogen and oxygen atoms in total. The van der Waals surface area contributed by atoms with Crippen LogP contribution in [0.4, 0.5) is 5.95 Å². The summed E-state index contributed by atoms with van der Waals surface area (Å²) in [5, 5.41) is 21.7. The van der Waals surface area contributed by atoms with E-state index in [-0.39, 0.29) is 23.8 Å². The Hall–Kier alpha value is -3.02. The van der Waals surface area contributed by atoms with Gasteiger partial charge in [-0.05, 0) is 30.3 Å². The Morgan fingerprint density at radius 3 is 2.68 bits per heavy atom. The van der Waals surface area contributed by atoms with Crippen molar-refractivity contribution in [1.82, 2.24) is 9.55 Å². The zero-order chi connectivity index (χ0) is 15.7. The number of aromatic nitrogens is 2. The predicted octanol–water partition coefficient (Wildman–Crippen LogP) is 2.28. The number of benzene rings is 2. The number of para-hydroxylation sites is 2. The average molecular weight is 297 g/mol. The lowest BCUT2D eigenvalue weighted by Gasteiger charge is -2.06. The number of Topliss-reactive ketones (excluding diaryl/α,β-unsaturated/α-hetero) is 1. The van der Waals surface area contributed by atoms with Crippen LogP contribution in [0.2, 0.25) is 0 Å². The number of carbonyl (C=O) groups excluding carboxylic acids is 1. The molecule has 22 heavy (non-hydrogen) atoms. The number of fused-ring (bicyclic) bond motifs is 1. The van der Waals surface area contributed by atoms with Gasteiger partial charge in [0.2, 0.25) is 5.95 Å². The summed E-state index contributed by atoms with van der Waals surface area (Å²) >= 11 is 0. The monoisotopic (exact) mass is 297 g/mol. The predicted molar refractivity (Wildman–Crippen MR) is 83.3 cm³/mol. The number of hydrogen-bond acceptors (Lipinski definition) is 5. The number of imidazole rings is 1. The molecule has 0 fully saturated rings. The van der Waals surface area contributed by atoms with Crippen LogP contribution in [0.3, 0.4) is 0 Å². The van der Waals surface area contributed by atoms with Crippen molar-refractivity contribution in [3.63, 3.8) is 0 Å². The highest BCUT2D eigenvalue weighted by molar-refractivity contribution is 5.99. The van der Waals surface area contributed by atoms with E-state index in [1.54, 1.807) is 0 Å². The van der Waals surface area contributed by atoms with E-state index >= 15 is 0 Å². The number of rotatable bonds is 4. The van der Waals surface area contributed by atoms with Crippen molar-refractivity contribution in [2.45, 2.75) is 0 Å². The quantitative estimate of drug-likeness (QED) is 0.508. The molecule has 0 aliphatic heterocycles. The Morgan fingerprint density at radius 1 is 1.18 bits per heavy atom. The lowest BCUT2D eigenvalue weighted by molar-refractivity contribution is 0.101. The molecule has 1 aromatic heterocycles. The molecule has 6 heteroatoms. The van der Waals surface area contributed by atoms with Crippen molar-refractivity contribution in [1.29, 1.82) is 0 Å². The Morgan fingerprint density at radius 2 is 1.95 bits per heavy atom. The van der Waals surface area contributed by atoms with E-state index in [1.807, 2.05) is 35.9 Å². The van der Waals surface area contributed by atoms with Gasteiger partial charge in [0.15, 0.2) is 17.3 Å². The van der Waals surface area contributed by atoms with E-state index in [2.05, 4.69) is 10.3 Å². The second-order valence-corrected chi connectivity index (χ2v) is 4.96. The van der Waals surface area contributed by atoms with Crippen LogP contribution in [0.25, 0.3) is 11.0 Å². The summed E-state index contributed by atoms with van der Waals surface area (Å²) < 4.78 is 1.87. The first-order chi connectivity index (χ1) is 10.6. The zero-order valence-electron chi connectivity index (χ0n) is 11.9. The van der Waals surface area contributed by atoms with Gasteiger partial charge in [0, 0.05) is 12.6 Å². The summed E-state index contributed by atoms with van der Waals surface area (Å²) in [5.74, 6) is -0.173. The van der Waals surface area contributed by atoms with Crippen molar-refractivity contribution >= 4 is 22.8 Å². The standard InChI is InChI=1S/C16H15N3O3/c1-19-12-5-3-2-4-11(12)18-16(19)17-9-15(22)10-6-7-13(20)14(21)8-10/h2-8,20-21H,9H2,1H3,(H,17,18). The summed E-state index contributed by atoms with van der Waals surface area (Å²) in [6, 6.07) is 11.7. The van der Waals surface area contributed by atoms with E-state index in [4.69, 9.17) is 0 Å². The number of aryl methyl sites for hydroxylation is 1. The third-order valence-corrected chi connectivity index (χ3v) is 3.49. The van der Waals surface area contributed by atoms with Gasteiger partial charge in [-0.15, -0.1) is 0 Å². The first-order valence-corrected chi connectivity index (χ1v) is 6.77. The molecule has 0 unspecified atom stereocenters. The maximum Gasteiger partial charge on any atom is 0.203 e. The van der Waals surface area contributed by atoms with Gasteiger partial charge in [0.05, 0.1) is 17.6 Å². The van der Waals surface area contributed by atoms with E-state index in [1.165, 1.54) is 18.2 Å². The fraction of sp³-hybridized carbons (Fsp3) is 0.125. The van der Waals surface area contributed by atoms with Gasteiger partial charge >= 0.3 is 0 Å². The lowest BCUT2D eigenvalue weighted by Crippen LogP contribution is -2.16. The molecule has 0 bridgehead atoms. The molecule has 0 amide bonds. The smallest absolute Gasteiger partial charge is 0.203 e. The highest BCUT2D eigenvalue weighted by Crippen LogP contribution is 2.25. The van der Waals surface area contributed by atoms with Gasteiger partial charge in [-0.3, -0.25) is 4.79 Å². The normalized spacial score (nSPS) is 10.8. The number of nitrogens with one attached hydrogen (secondary N) is 1. The number of anilines is 1. The van der Waals surface area contributed by atoms with Gasteiger partial charge in [-0.25, -0.2) is 4.98 Å². The Labute approximate surface area is 126 Å². The van der Waals surface area contributed by atoms with Crippen LogP contribution in [-0.4, -0.2) is 32.1 Å². The number of phenols is 2. The van der Waals surface area contributed by atoms with Gasteiger partial charge < -0.3 is 20.1 Å². The second-order valence-electron chi connectivity index (χ2n) is 4.96. The third-order valence-electron chi connectivity index (χ3n) is 3.49. The van der Waals surface area contributed by atoms with E-state index in [0.29, 0.717) is 11.5 Å². The zero-order valence-corrected chi connectivity index (χ0v) is 11.9. The minimum Gasteiger partial charge on any atom is -0.504 e. The SMILES string of the molecule is Cn1c(NCC(=O)c2ccc(O)c(O)c2)nc2ccccc21. The van der Waals surface area contributed by atoms with Gasteiger partial charge in [-0.1, -0.05) is 12.1 Å². The highest BCUT2D eigenvalue weighted by atomic mass is 16.3. The van der Waals surface area contributed by atoms with Crippen LogP contribution in [0.15, 0.2) is 42.5 Å². The Kier molecular flexibility index (Phi) is 3.42. The molecule has 0 saturated carbocycles. The lowest BCUT2D eigenvalue weighted by atomic mass is 10.1. The number of phenolic OH excluding ortho intramolecular Hbond substituents is 2. The van der Waals surface area contributed by atoms with Crippen LogP contribution in [0.1, 0.15) is 10.4 Å². The summed E-state index contributed by atoms with van der Waals surface area (Å²) in [7, 11) is 1.87. The molecular formula is C16H15N3O3. The van der Waals surface area contributed by atoms with Crippen LogP contribution in [-0.2, 0) is 7.05 Å². The number of aromatic hydroxyl groups is 2. The van der Waals surface area contributed by atoms with Crippen LogP contribution in [0.5, 0.6) is 11.5 Å². The van der Waals surface area contributed by atoms with E-state index < -0.39 is 0 Å². The third kappa shape index (κ3) is 2.46.